The number of hydrogen-bond acceptors (Lipinski definition) is 1. The average molecular weight is 349 g/mol. The number of hydrogen-bond donors (Lipinski definition) is 0. The molecule has 1 aliphatic rings. The smallest absolute Gasteiger partial charge is 0.227 e. The Balaban J connectivity index is 2.12. The number of likely N-dealkylation sites (tertiary alicyclic amines) is 1. The fourth-order valence-corrected chi connectivity index (χ4v) is 3.35. The fourth-order valence-electron chi connectivity index (χ4n) is 2.44. The molecule has 19 heavy (non-hydrogen) atoms. The first-order chi connectivity index (χ1) is 9.13. The van der Waals surface area contributed by atoms with Gasteiger partial charge in [-0.3, -0.25) is 4.79 Å². The number of nitrogens with zero attached hydrogens (tertiary/aromatic N) is 1. The summed E-state index contributed by atoms with van der Waals surface area (Å²) < 4.78 is 13.7. The van der Waals surface area contributed by atoms with Gasteiger partial charge in [0.05, 0.1) is 6.42 Å². The zero-order chi connectivity index (χ0) is 13.8. The molecular weight excluding hydrogens is 333 g/mol. The summed E-state index contributed by atoms with van der Waals surface area (Å²) in [6.07, 6.45) is 3.19. The summed E-state index contributed by atoms with van der Waals surface area (Å²) in [5.74, 6) is -0.454. The van der Waals surface area contributed by atoms with E-state index in [1.807, 2.05) is 4.90 Å². The van der Waals surface area contributed by atoms with Crippen LogP contribution in [0.1, 0.15) is 24.8 Å². The second-order valence-electron chi connectivity index (χ2n) is 4.77. The summed E-state index contributed by atoms with van der Waals surface area (Å²) in [6.45, 7) is 0.751. The predicted molar refractivity (Wildman–Crippen MR) is 78.3 cm³/mol. The SMILES string of the molecule is O=C(Cc1c(F)cccc1Cl)N1CCCCC1CBr. The molecule has 1 saturated heterocycles. The third-order valence-corrected chi connectivity index (χ3v) is 4.62. The molecule has 2 rings (SSSR count). The van der Waals surface area contributed by atoms with Crippen LogP contribution in [0.15, 0.2) is 18.2 Å². The largest absolute Gasteiger partial charge is 0.339 e. The van der Waals surface area contributed by atoms with Gasteiger partial charge < -0.3 is 4.90 Å². The zero-order valence-corrected chi connectivity index (χ0v) is 12.9. The Kier molecular flexibility index (Phi) is 5.22. The van der Waals surface area contributed by atoms with E-state index in [4.69, 9.17) is 11.6 Å². The molecule has 1 fully saturated rings. The quantitative estimate of drug-likeness (QED) is 0.761. The van der Waals surface area contributed by atoms with E-state index in [0.717, 1.165) is 31.1 Å². The molecule has 1 aromatic carbocycles. The number of carbonyl (C=O) groups excluding carboxylic acids is 1. The van der Waals surface area contributed by atoms with E-state index >= 15 is 0 Å². The number of piperidine rings is 1. The van der Waals surface area contributed by atoms with Crippen LogP contribution in [0, 0.1) is 5.82 Å². The Morgan fingerprint density at radius 2 is 2.26 bits per heavy atom. The predicted octanol–water partition coefficient (Wildman–Crippen LogP) is 3.80. The minimum atomic E-state index is -0.409. The molecule has 104 valence electrons. The minimum Gasteiger partial charge on any atom is -0.339 e. The van der Waals surface area contributed by atoms with Crippen LogP contribution >= 0.6 is 27.5 Å². The molecule has 2 nitrogen and oxygen atoms in total. The van der Waals surface area contributed by atoms with Crippen molar-refractivity contribution in [3.63, 3.8) is 0 Å². The molecule has 0 saturated carbocycles. The van der Waals surface area contributed by atoms with Crippen LogP contribution in [-0.4, -0.2) is 28.7 Å². The molecule has 0 aliphatic carbocycles. The summed E-state index contributed by atoms with van der Waals surface area (Å²) >= 11 is 9.40. The molecule has 1 heterocycles. The maximum Gasteiger partial charge on any atom is 0.227 e. The molecule has 0 radical (unpaired) electrons. The Morgan fingerprint density at radius 1 is 1.47 bits per heavy atom. The Bertz CT molecular complexity index is 449. The van der Waals surface area contributed by atoms with Gasteiger partial charge >= 0.3 is 0 Å². The maximum absolute atomic E-state index is 13.7. The third-order valence-electron chi connectivity index (χ3n) is 3.52. The molecule has 1 unspecified atom stereocenters. The lowest BCUT2D eigenvalue weighted by atomic mass is 10.0. The fraction of sp³-hybridized carbons (Fsp3) is 0.500. The van der Waals surface area contributed by atoms with Gasteiger partial charge in [-0.25, -0.2) is 4.39 Å². The van der Waals surface area contributed by atoms with Crippen LogP contribution < -0.4 is 0 Å². The van der Waals surface area contributed by atoms with Gasteiger partial charge in [0.2, 0.25) is 5.91 Å². The molecule has 0 bridgehead atoms. The van der Waals surface area contributed by atoms with Crippen molar-refractivity contribution in [3.8, 4) is 0 Å². The number of carbonyl (C=O) groups is 1. The van der Waals surface area contributed by atoms with E-state index in [-0.39, 0.29) is 18.4 Å². The van der Waals surface area contributed by atoms with E-state index in [0.29, 0.717) is 10.6 Å². The number of alkyl halides is 1. The molecule has 0 spiro atoms. The Labute approximate surface area is 126 Å². The number of benzene rings is 1. The van der Waals surface area contributed by atoms with Gasteiger partial charge in [0, 0.05) is 28.5 Å². The van der Waals surface area contributed by atoms with Gasteiger partial charge in [-0.15, -0.1) is 0 Å². The van der Waals surface area contributed by atoms with Gasteiger partial charge in [-0.05, 0) is 31.4 Å². The van der Waals surface area contributed by atoms with Gasteiger partial charge in [-0.1, -0.05) is 33.6 Å². The lowest BCUT2D eigenvalue weighted by Crippen LogP contribution is -2.45. The summed E-state index contributed by atoms with van der Waals surface area (Å²) in [7, 11) is 0. The molecular formula is C14H16BrClFNO. The summed E-state index contributed by atoms with van der Waals surface area (Å²) in [5, 5.41) is 1.09. The Hall–Kier alpha value is -0.610. The summed E-state index contributed by atoms with van der Waals surface area (Å²) in [4.78, 5) is 14.2. The van der Waals surface area contributed by atoms with E-state index in [1.54, 1.807) is 12.1 Å². The standard InChI is InChI=1S/C14H16BrClFNO/c15-9-10-4-1-2-7-18(10)14(19)8-11-12(16)5-3-6-13(11)17/h3,5-6,10H,1-2,4,7-9H2. The highest BCUT2D eigenvalue weighted by atomic mass is 79.9. The number of halogens is 3. The van der Waals surface area contributed by atoms with Gasteiger partial charge in [0.1, 0.15) is 5.82 Å². The molecule has 1 atom stereocenters. The summed E-state index contributed by atoms with van der Waals surface area (Å²) in [6, 6.07) is 4.72. The minimum absolute atomic E-state index is 0.0367. The zero-order valence-electron chi connectivity index (χ0n) is 10.5. The van der Waals surface area contributed by atoms with Crippen molar-refractivity contribution < 1.29 is 9.18 Å². The summed E-state index contributed by atoms with van der Waals surface area (Å²) in [5.41, 5.74) is 0.299. The van der Waals surface area contributed by atoms with Crippen LogP contribution in [0.3, 0.4) is 0 Å². The molecule has 1 amide bonds. The van der Waals surface area contributed by atoms with E-state index in [1.165, 1.54) is 6.07 Å². The first kappa shape index (κ1) is 14.8. The van der Waals surface area contributed by atoms with Crippen LogP contribution in [0.4, 0.5) is 4.39 Å². The van der Waals surface area contributed by atoms with E-state index < -0.39 is 5.82 Å². The van der Waals surface area contributed by atoms with Crippen molar-refractivity contribution in [2.24, 2.45) is 0 Å². The van der Waals surface area contributed by atoms with Crippen LogP contribution in [-0.2, 0) is 11.2 Å². The van der Waals surface area contributed by atoms with Crippen molar-refractivity contribution in [2.45, 2.75) is 31.7 Å². The molecule has 0 N–H and O–H groups in total. The van der Waals surface area contributed by atoms with Crippen LogP contribution in [0.25, 0.3) is 0 Å². The monoisotopic (exact) mass is 347 g/mol. The second kappa shape index (κ2) is 6.71. The topological polar surface area (TPSA) is 20.3 Å². The third kappa shape index (κ3) is 3.48. The van der Waals surface area contributed by atoms with E-state index in [9.17, 15) is 9.18 Å². The Morgan fingerprint density at radius 3 is 2.95 bits per heavy atom. The van der Waals surface area contributed by atoms with E-state index in [2.05, 4.69) is 15.9 Å². The highest BCUT2D eigenvalue weighted by molar-refractivity contribution is 9.09. The average Bonchev–Trinajstić information content (AvgIpc) is 2.42. The lowest BCUT2D eigenvalue weighted by molar-refractivity contribution is -0.133. The van der Waals surface area contributed by atoms with Gasteiger partial charge in [0.25, 0.3) is 0 Å². The second-order valence-corrected chi connectivity index (χ2v) is 5.82. The van der Waals surface area contributed by atoms with Crippen molar-refractivity contribution in [1.82, 2.24) is 4.90 Å². The van der Waals surface area contributed by atoms with Crippen LogP contribution in [0.5, 0.6) is 0 Å². The number of amides is 1. The number of rotatable bonds is 3. The highest BCUT2D eigenvalue weighted by Gasteiger charge is 2.26. The highest BCUT2D eigenvalue weighted by Crippen LogP contribution is 2.23. The first-order valence-corrected chi connectivity index (χ1v) is 7.91. The van der Waals surface area contributed by atoms with Crippen molar-refractivity contribution >= 4 is 33.4 Å². The first-order valence-electron chi connectivity index (χ1n) is 6.42. The van der Waals surface area contributed by atoms with Crippen LogP contribution in [0.2, 0.25) is 5.02 Å². The molecule has 1 aliphatic heterocycles. The molecule has 0 aromatic heterocycles. The molecule has 5 heteroatoms. The normalized spacial score (nSPS) is 19.5. The molecule has 1 aromatic rings. The van der Waals surface area contributed by atoms with Crippen molar-refractivity contribution in [1.29, 1.82) is 0 Å². The van der Waals surface area contributed by atoms with Gasteiger partial charge in [-0.2, -0.15) is 0 Å². The van der Waals surface area contributed by atoms with Gasteiger partial charge in [0.15, 0.2) is 0 Å². The lowest BCUT2D eigenvalue weighted by Gasteiger charge is -2.35. The maximum atomic E-state index is 13.7. The van der Waals surface area contributed by atoms with Crippen molar-refractivity contribution in [2.75, 3.05) is 11.9 Å². The van der Waals surface area contributed by atoms with Crippen molar-refractivity contribution in [3.05, 3.63) is 34.6 Å².